The van der Waals surface area contributed by atoms with Crippen LogP contribution in [0.5, 0.6) is 0 Å². The molecule has 0 heterocycles. The highest BCUT2D eigenvalue weighted by Gasteiger charge is 1.97. The number of benzene rings is 1. The van der Waals surface area contributed by atoms with Gasteiger partial charge in [0, 0.05) is 12.8 Å². The zero-order valence-electron chi connectivity index (χ0n) is 10.6. The lowest BCUT2D eigenvalue weighted by atomic mass is 10.1. The number of aryl methyl sites for hydroxylation is 2. The van der Waals surface area contributed by atoms with Gasteiger partial charge in [-0.25, -0.2) is 0 Å². The minimum atomic E-state index is 0.542. The summed E-state index contributed by atoms with van der Waals surface area (Å²) in [5, 5.41) is 7.55. The molecular weight excluding hydrogens is 230 g/mol. The first-order valence-electron chi connectivity index (χ1n) is 5.68. The minimum Gasteiger partial charge on any atom is -0.364 e. The monoisotopic (exact) mass is 249 g/mol. The predicted molar refractivity (Wildman–Crippen MR) is 77.4 cm³/mol. The number of nitrogens with zero attached hydrogens (tertiary/aromatic N) is 1. The molecule has 4 heteroatoms. The molecule has 0 radical (unpaired) electrons. The van der Waals surface area contributed by atoms with Crippen molar-refractivity contribution in [3.05, 3.63) is 35.4 Å². The Kier molecular flexibility index (Phi) is 5.63. The summed E-state index contributed by atoms with van der Waals surface area (Å²) in [5.74, 6) is 0. The van der Waals surface area contributed by atoms with E-state index in [2.05, 4.69) is 47.0 Å². The van der Waals surface area contributed by atoms with Crippen LogP contribution in [0, 0.1) is 6.92 Å². The highest BCUT2D eigenvalue weighted by atomic mass is 32.1. The fourth-order valence-electron chi connectivity index (χ4n) is 1.45. The molecule has 92 valence electrons. The van der Waals surface area contributed by atoms with Crippen molar-refractivity contribution in [2.45, 2.75) is 26.7 Å². The molecule has 0 amide bonds. The quantitative estimate of drug-likeness (QED) is 0.489. The molecule has 0 aliphatic carbocycles. The summed E-state index contributed by atoms with van der Waals surface area (Å²) in [6, 6.07) is 8.55. The molecule has 0 saturated carbocycles. The molecule has 0 spiro atoms. The van der Waals surface area contributed by atoms with Gasteiger partial charge in [-0.2, -0.15) is 5.10 Å². The van der Waals surface area contributed by atoms with E-state index in [0.29, 0.717) is 5.11 Å². The van der Waals surface area contributed by atoms with Gasteiger partial charge in [0.2, 0.25) is 0 Å². The van der Waals surface area contributed by atoms with E-state index in [-0.39, 0.29) is 0 Å². The molecule has 0 aromatic heterocycles. The summed E-state index contributed by atoms with van der Waals surface area (Å²) in [6.45, 7) is 4.11. The van der Waals surface area contributed by atoms with Gasteiger partial charge in [-0.05, 0) is 44.5 Å². The van der Waals surface area contributed by atoms with Gasteiger partial charge in [-0.3, -0.25) is 5.43 Å². The van der Waals surface area contributed by atoms with E-state index in [1.807, 2.05) is 6.92 Å². The van der Waals surface area contributed by atoms with Crippen molar-refractivity contribution in [3.63, 3.8) is 0 Å². The SMILES string of the molecule is CNC(=S)NN=C(C)CCc1cccc(C)c1. The molecule has 1 aromatic carbocycles. The Morgan fingerprint density at radius 3 is 2.82 bits per heavy atom. The third-order valence-electron chi connectivity index (χ3n) is 2.43. The molecule has 0 fully saturated rings. The number of rotatable bonds is 4. The Morgan fingerprint density at radius 1 is 1.41 bits per heavy atom. The molecule has 17 heavy (non-hydrogen) atoms. The molecule has 0 unspecified atom stereocenters. The Balaban J connectivity index is 2.42. The predicted octanol–water partition coefficient (Wildman–Crippen LogP) is 2.40. The van der Waals surface area contributed by atoms with Gasteiger partial charge in [0.05, 0.1) is 0 Å². The fraction of sp³-hybridized carbons (Fsp3) is 0.385. The number of nitrogens with one attached hydrogen (secondary N) is 2. The molecular formula is C13H19N3S. The summed E-state index contributed by atoms with van der Waals surface area (Å²) in [7, 11) is 1.77. The third kappa shape index (κ3) is 5.45. The van der Waals surface area contributed by atoms with Crippen molar-refractivity contribution in [2.24, 2.45) is 5.10 Å². The largest absolute Gasteiger partial charge is 0.364 e. The lowest BCUT2D eigenvalue weighted by Crippen LogP contribution is -2.29. The van der Waals surface area contributed by atoms with Crippen LogP contribution in [-0.4, -0.2) is 17.9 Å². The van der Waals surface area contributed by atoms with Crippen LogP contribution in [-0.2, 0) is 6.42 Å². The molecule has 0 bridgehead atoms. The number of hydrazone groups is 1. The second kappa shape index (κ2) is 7.01. The van der Waals surface area contributed by atoms with Crippen LogP contribution in [0.1, 0.15) is 24.5 Å². The molecule has 0 saturated heterocycles. The smallest absolute Gasteiger partial charge is 0.186 e. The van der Waals surface area contributed by atoms with Gasteiger partial charge < -0.3 is 5.32 Å². The van der Waals surface area contributed by atoms with E-state index in [9.17, 15) is 0 Å². The Bertz CT molecular complexity index is 413. The Morgan fingerprint density at radius 2 is 2.18 bits per heavy atom. The van der Waals surface area contributed by atoms with Crippen LogP contribution < -0.4 is 10.7 Å². The first kappa shape index (κ1) is 13.6. The minimum absolute atomic E-state index is 0.542. The average Bonchev–Trinajstić information content (AvgIpc) is 2.33. The average molecular weight is 249 g/mol. The highest BCUT2D eigenvalue weighted by molar-refractivity contribution is 7.80. The van der Waals surface area contributed by atoms with E-state index in [4.69, 9.17) is 12.2 Å². The summed E-state index contributed by atoms with van der Waals surface area (Å²) in [5.41, 5.74) is 6.47. The van der Waals surface area contributed by atoms with Crippen molar-refractivity contribution in [1.82, 2.24) is 10.7 Å². The Hall–Kier alpha value is -1.42. The first-order chi connectivity index (χ1) is 8.11. The van der Waals surface area contributed by atoms with Gasteiger partial charge >= 0.3 is 0 Å². The van der Waals surface area contributed by atoms with E-state index >= 15 is 0 Å². The summed E-state index contributed by atoms with van der Waals surface area (Å²) in [6.07, 6.45) is 1.94. The van der Waals surface area contributed by atoms with Gasteiger partial charge in [0.15, 0.2) is 5.11 Å². The second-order valence-corrected chi connectivity index (χ2v) is 4.44. The normalized spacial score (nSPS) is 11.1. The van der Waals surface area contributed by atoms with E-state index < -0.39 is 0 Å². The van der Waals surface area contributed by atoms with Crippen molar-refractivity contribution < 1.29 is 0 Å². The van der Waals surface area contributed by atoms with Crippen molar-refractivity contribution >= 4 is 23.0 Å². The zero-order chi connectivity index (χ0) is 12.7. The second-order valence-electron chi connectivity index (χ2n) is 4.03. The molecule has 0 atom stereocenters. The van der Waals surface area contributed by atoms with Crippen molar-refractivity contribution in [2.75, 3.05) is 7.05 Å². The van der Waals surface area contributed by atoms with Crippen molar-refractivity contribution in [1.29, 1.82) is 0 Å². The molecule has 0 aliphatic heterocycles. The fourth-order valence-corrected chi connectivity index (χ4v) is 1.50. The van der Waals surface area contributed by atoms with E-state index in [1.54, 1.807) is 7.05 Å². The molecule has 1 aromatic rings. The van der Waals surface area contributed by atoms with Gasteiger partial charge in [-0.1, -0.05) is 29.8 Å². The van der Waals surface area contributed by atoms with Crippen LogP contribution in [0.15, 0.2) is 29.4 Å². The first-order valence-corrected chi connectivity index (χ1v) is 6.09. The standard InChI is InChI=1S/C13H19N3S/c1-10-5-4-6-12(9-10)8-7-11(2)15-16-13(17)14-3/h4-6,9H,7-8H2,1-3H3,(H2,14,16,17). The summed E-state index contributed by atoms with van der Waals surface area (Å²) >= 11 is 4.94. The van der Waals surface area contributed by atoms with Gasteiger partial charge in [0.25, 0.3) is 0 Å². The lowest BCUT2D eigenvalue weighted by molar-refractivity contribution is 0.941. The molecule has 0 aliphatic rings. The van der Waals surface area contributed by atoms with Crippen LogP contribution in [0.3, 0.4) is 0 Å². The van der Waals surface area contributed by atoms with E-state index in [0.717, 1.165) is 18.6 Å². The van der Waals surface area contributed by atoms with Crippen LogP contribution in [0.25, 0.3) is 0 Å². The Labute approximate surface area is 108 Å². The number of hydrogen-bond acceptors (Lipinski definition) is 2. The van der Waals surface area contributed by atoms with Gasteiger partial charge in [0.1, 0.15) is 0 Å². The number of thiocarbonyl (C=S) groups is 1. The maximum Gasteiger partial charge on any atom is 0.186 e. The zero-order valence-corrected chi connectivity index (χ0v) is 11.4. The third-order valence-corrected chi connectivity index (χ3v) is 2.73. The summed E-state index contributed by atoms with van der Waals surface area (Å²) < 4.78 is 0. The lowest BCUT2D eigenvalue weighted by Gasteiger charge is -2.04. The maximum atomic E-state index is 4.94. The topological polar surface area (TPSA) is 36.4 Å². The van der Waals surface area contributed by atoms with Crippen LogP contribution in [0.4, 0.5) is 0 Å². The van der Waals surface area contributed by atoms with E-state index in [1.165, 1.54) is 11.1 Å². The van der Waals surface area contributed by atoms with Gasteiger partial charge in [-0.15, -0.1) is 0 Å². The summed E-state index contributed by atoms with van der Waals surface area (Å²) in [4.78, 5) is 0. The van der Waals surface area contributed by atoms with Crippen molar-refractivity contribution in [3.8, 4) is 0 Å². The maximum absolute atomic E-state index is 4.94. The highest BCUT2D eigenvalue weighted by Crippen LogP contribution is 2.06. The molecule has 2 N–H and O–H groups in total. The molecule has 1 rings (SSSR count). The van der Waals surface area contributed by atoms with Crippen LogP contribution >= 0.6 is 12.2 Å². The molecule has 3 nitrogen and oxygen atoms in total. The van der Waals surface area contributed by atoms with Crippen LogP contribution in [0.2, 0.25) is 0 Å². The number of hydrogen-bond donors (Lipinski definition) is 2.